The van der Waals surface area contributed by atoms with Gasteiger partial charge in [0, 0.05) is 25.0 Å². The summed E-state index contributed by atoms with van der Waals surface area (Å²) in [4.78, 5) is 27.1. The van der Waals surface area contributed by atoms with Crippen molar-refractivity contribution in [1.29, 1.82) is 0 Å². The first-order valence-corrected chi connectivity index (χ1v) is 14.7. The minimum absolute atomic E-state index is 0.0135. The summed E-state index contributed by atoms with van der Waals surface area (Å²) in [5, 5.41) is 10.7. The van der Waals surface area contributed by atoms with Gasteiger partial charge in [0.2, 0.25) is 0 Å². The van der Waals surface area contributed by atoms with Crippen molar-refractivity contribution >= 4 is 26.7 Å². The van der Waals surface area contributed by atoms with E-state index in [0.717, 1.165) is 22.8 Å². The van der Waals surface area contributed by atoms with Gasteiger partial charge >= 0.3 is 11.8 Å². The molecule has 218 valence electrons. The summed E-state index contributed by atoms with van der Waals surface area (Å²) in [5.41, 5.74) is -2.32. The van der Waals surface area contributed by atoms with Crippen molar-refractivity contribution in [2.45, 2.75) is 71.6 Å². The highest BCUT2D eigenvalue weighted by atomic mass is 32.2. The number of hydrogen-bond donors (Lipinski definition) is 1. The number of carbonyl (C=O) groups excluding carboxylic acids is 1. The molecule has 0 bridgehead atoms. The molecule has 0 saturated carbocycles. The fourth-order valence-electron chi connectivity index (χ4n) is 4.95. The number of ketones is 1. The van der Waals surface area contributed by atoms with Gasteiger partial charge in [-0.1, -0.05) is 6.92 Å². The standard InChI is InChI=1S/C28H33F3N2O6S/c1-17(26(2,3)36)32-23-14-18(24(34)16-27(4)10-12-40(37,38)13-11-27)6-9-21(23)33(25(32)35)22-15-19(7-8-20(22)29)39-28(5,30)31/h6-9,14-15,17,36H,10-13,16H2,1-5H3/t17-/m0/s1. The second kappa shape index (κ2) is 10.1. The van der Waals surface area contributed by atoms with E-state index in [1.807, 2.05) is 6.92 Å². The lowest BCUT2D eigenvalue weighted by Crippen LogP contribution is -2.37. The van der Waals surface area contributed by atoms with Crippen LogP contribution in [0, 0.1) is 11.2 Å². The van der Waals surface area contributed by atoms with Crippen molar-refractivity contribution < 1.29 is 36.2 Å². The molecule has 1 saturated heterocycles. The average molecular weight is 583 g/mol. The minimum atomic E-state index is -3.54. The summed E-state index contributed by atoms with van der Waals surface area (Å²) in [6, 6.07) is 6.52. The van der Waals surface area contributed by atoms with Gasteiger partial charge in [-0.15, -0.1) is 0 Å². The number of benzene rings is 2. The van der Waals surface area contributed by atoms with Crippen LogP contribution in [0.3, 0.4) is 0 Å². The predicted molar refractivity (Wildman–Crippen MR) is 145 cm³/mol. The number of alkyl halides is 2. The first-order chi connectivity index (χ1) is 18.3. The first kappa shape index (κ1) is 29.9. The number of fused-ring (bicyclic) bond motifs is 1. The molecule has 1 aromatic heterocycles. The van der Waals surface area contributed by atoms with Gasteiger partial charge in [0.1, 0.15) is 21.4 Å². The van der Waals surface area contributed by atoms with Gasteiger partial charge in [-0.25, -0.2) is 17.6 Å². The van der Waals surface area contributed by atoms with Gasteiger partial charge in [-0.05, 0) is 69.4 Å². The second-order valence-corrected chi connectivity index (χ2v) is 13.9. The molecule has 4 rings (SSSR count). The van der Waals surface area contributed by atoms with E-state index in [2.05, 4.69) is 4.74 Å². The van der Waals surface area contributed by atoms with Crippen LogP contribution >= 0.6 is 0 Å². The summed E-state index contributed by atoms with van der Waals surface area (Å²) in [6.45, 7) is 7.00. The molecule has 0 aliphatic carbocycles. The Balaban J connectivity index is 1.85. The molecule has 3 aromatic rings. The third kappa shape index (κ3) is 6.12. The molecule has 2 heterocycles. The van der Waals surface area contributed by atoms with Crippen LogP contribution in [-0.4, -0.2) is 51.7 Å². The molecule has 40 heavy (non-hydrogen) atoms. The van der Waals surface area contributed by atoms with Crippen LogP contribution in [0.2, 0.25) is 0 Å². The summed E-state index contributed by atoms with van der Waals surface area (Å²) in [6.07, 6.45) is -2.74. The molecule has 1 fully saturated rings. The second-order valence-electron chi connectivity index (χ2n) is 11.6. The van der Waals surface area contributed by atoms with Crippen LogP contribution in [0.25, 0.3) is 16.7 Å². The Kier molecular flexibility index (Phi) is 7.51. The Morgan fingerprint density at radius 1 is 1.10 bits per heavy atom. The highest BCUT2D eigenvalue weighted by Crippen LogP contribution is 2.37. The number of aliphatic hydroxyl groups is 1. The van der Waals surface area contributed by atoms with E-state index in [-0.39, 0.29) is 51.7 Å². The number of hydrogen-bond acceptors (Lipinski definition) is 6. The number of nitrogens with zero attached hydrogens (tertiary/aromatic N) is 2. The van der Waals surface area contributed by atoms with Crippen LogP contribution in [0.1, 0.15) is 70.3 Å². The summed E-state index contributed by atoms with van der Waals surface area (Å²) >= 11 is 0. The molecule has 2 aromatic carbocycles. The topological polar surface area (TPSA) is 108 Å². The van der Waals surface area contributed by atoms with Crippen LogP contribution in [0.4, 0.5) is 13.2 Å². The molecule has 1 atom stereocenters. The quantitative estimate of drug-likeness (QED) is 0.373. The van der Waals surface area contributed by atoms with Gasteiger partial charge in [-0.2, -0.15) is 8.78 Å². The van der Waals surface area contributed by atoms with E-state index >= 15 is 4.39 Å². The van der Waals surface area contributed by atoms with Gasteiger partial charge in [0.15, 0.2) is 5.78 Å². The number of ether oxygens (including phenoxy) is 1. The lowest BCUT2D eigenvalue weighted by atomic mass is 9.78. The molecule has 1 aliphatic heterocycles. The van der Waals surface area contributed by atoms with Crippen molar-refractivity contribution in [1.82, 2.24) is 9.13 Å². The number of halogens is 3. The molecule has 1 N–H and O–H groups in total. The molecule has 0 unspecified atom stereocenters. The van der Waals surface area contributed by atoms with E-state index in [9.17, 15) is 31.9 Å². The molecule has 0 amide bonds. The number of aromatic nitrogens is 2. The van der Waals surface area contributed by atoms with Crippen LogP contribution < -0.4 is 10.4 Å². The molecular formula is C28H33F3N2O6S. The Morgan fingerprint density at radius 3 is 2.30 bits per heavy atom. The Morgan fingerprint density at radius 2 is 1.73 bits per heavy atom. The highest BCUT2D eigenvalue weighted by molar-refractivity contribution is 7.91. The van der Waals surface area contributed by atoms with Crippen LogP contribution in [0.5, 0.6) is 5.75 Å². The fraction of sp³-hybridized carbons (Fsp3) is 0.500. The zero-order valence-corrected chi connectivity index (χ0v) is 23.8. The van der Waals surface area contributed by atoms with E-state index < -0.39 is 44.5 Å². The number of carbonyl (C=O) groups is 1. The summed E-state index contributed by atoms with van der Waals surface area (Å²) in [5.74, 6) is -1.46. The van der Waals surface area contributed by atoms with Crippen LogP contribution in [0.15, 0.2) is 41.2 Å². The van der Waals surface area contributed by atoms with Gasteiger partial charge in [0.25, 0.3) is 0 Å². The predicted octanol–water partition coefficient (Wildman–Crippen LogP) is 5.04. The molecular weight excluding hydrogens is 549 g/mol. The zero-order chi connectivity index (χ0) is 29.8. The summed E-state index contributed by atoms with van der Waals surface area (Å²) in [7, 11) is -3.11. The monoisotopic (exact) mass is 582 g/mol. The lowest BCUT2D eigenvalue weighted by molar-refractivity contribution is -0.158. The normalized spacial score (nSPS) is 18.0. The van der Waals surface area contributed by atoms with Crippen molar-refractivity contribution in [3.8, 4) is 11.4 Å². The van der Waals surface area contributed by atoms with Gasteiger partial charge in [-0.3, -0.25) is 13.9 Å². The SMILES string of the molecule is C[C@H](n1c(=O)n(-c2cc(OC(C)(F)F)ccc2F)c2ccc(C(=O)CC3(C)CCS(=O)(=O)CC3)cc21)C(C)(C)O. The Bertz CT molecular complexity index is 1620. The summed E-state index contributed by atoms with van der Waals surface area (Å²) < 4.78 is 72.6. The van der Waals surface area contributed by atoms with Crippen molar-refractivity contribution in [3.63, 3.8) is 0 Å². The fourth-order valence-corrected chi connectivity index (χ4v) is 6.76. The third-order valence-corrected chi connectivity index (χ3v) is 9.33. The van der Waals surface area contributed by atoms with E-state index in [0.29, 0.717) is 19.8 Å². The average Bonchev–Trinajstić information content (AvgIpc) is 3.11. The molecule has 1 aliphatic rings. The number of imidazole rings is 1. The first-order valence-electron chi connectivity index (χ1n) is 12.9. The maximum absolute atomic E-state index is 15.0. The van der Waals surface area contributed by atoms with E-state index in [1.54, 1.807) is 6.92 Å². The maximum atomic E-state index is 15.0. The van der Waals surface area contributed by atoms with E-state index in [1.165, 1.54) is 36.6 Å². The lowest BCUT2D eigenvalue weighted by Gasteiger charge is -2.32. The minimum Gasteiger partial charge on any atom is -0.433 e. The molecule has 12 heteroatoms. The number of rotatable bonds is 8. The van der Waals surface area contributed by atoms with Crippen molar-refractivity contribution in [2.75, 3.05) is 11.5 Å². The Labute approximate surface area is 230 Å². The van der Waals surface area contributed by atoms with Crippen LogP contribution in [-0.2, 0) is 9.84 Å². The van der Waals surface area contributed by atoms with Crippen molar-refractivity contribution in [2.24, 2.45) is 5.41 Å². The number of Topliss-reactive ketones (excluding diaryl/α,β-unsaturated/α-hetero) is 1. The largest absolute Gasteiger partial charge is 0.433 e. The van der Waals surface area contributed by atoms with Gasteiger partial charge in [0.05, 0.1) is 39.9 Å². The third-order valence-electron chi connectivity index (χ3n) is 7.68. The highest BCUT2D eigenvalue weighted by Gasteiger charge is 2.36. The number of sulfone groups is 1. The maximum Gasteiger partial charge on any atom is 0.394 e. The molecule has 0 radical (unpaired) electrons. The molecule has 0 spiro atoms. The molecule has 8 nitrogen and oxygen atoms in total. The smallest absolute Gasteiger partial charge is 0.394 e. The van der Waals surface area contributed by atoms with Crippen molar-refractivity contribution in [3.05, 3.63) is 58.3 Å². The van der Waals surface area contributed by atoms with Gasteiger partial charge < -0.3 is 9.84 Å². The zero-order valence-electron chi connectivity index (χ0n) is 23.0. The Hall–Kier alpha value is -3.12. The van der Waals surface area contributed by atoms with E-state index in [4.69, 9.17) is 0 Å².